The maximum absolute atomic E-state index is 14.2. The molecule has 2 nitrogen and oxygen atoms in total. The van der Waals surface area contributed by atoms with Crippen molar-refractivity contribution in [2.24, 2.45) is 7.05 Å². The topological polar surface area (TPSA) is 17.8 Å². The second-order valence-electron chi connectivity index (χ2n) is 7.10. The summed E-state index contributed by atoms with van der Waals surface area (Å²) in [5.41, 5.74) is 6.09. The van der Waals surface area contributed by atoms with Crippen LogP contribution in [0.4, 0.5) is 4.39 Å². The number of halogens is 1. The summed E-state index contributed by atoms with van der Waals surface area (Å²) in [6, 6.07) is 14.4. The van der Waals surface area contributed by atoms with Crippen molar-refractivity contribution in [1.29, 1.82) is 0 Å². The third-order valence-electron chi connectivity index (χ3n) is 4.52. The van der Waals surface area contributed by atoms with E-state index in [-0.39, 0.29) is 25.9 Å². The van der Waals surface area contributed by atoms with E-state index in [1.807, 2.05) is 19.3 Å². The summed E-state index contributed by atoms with van der Waals surface area (Å²) >= 11 is 0. The van der Waals surface area contributed by atoms with Gasteiger partial charge in [-0.1, -0.05) is 63.1 Å². The summed E-state index contributed by atoms with van der Waals surface area (Å²) in [6.07, 6.45) is 1.90. The van der Waals surface area contributed by atoms with Gasteiger partial charge < -0.3 is 0 Å². The summed E-state index contributed by atoms with van der Waals surface area (Å²) in [4.78, 5) is 0. The van der Waals surface area contributed by atoms with Crippen molar-refractivity contribution in [3.8, 4) is 22.4 Å². The molecule has 0 bridgehead atoms. The summed E-state index contributed by atoms with van der Waals surface area (Å²) in [6.45, 7) is 8.69. The Balaban J connectivity index is 0.00000243. The van der Waals surface area contributed by atoms with Crippen LogP contribution in [0.15, 0.2) is 42.6 Å². The molecule has 3 rings (SSSR count). The van der Waals surface area contributed by atoms with Crippen molar-refractivity contribution < 1.29 is 24.5 Å². The molecule has 1 heterocycles. The van der Waals surface area contributed by atoms with E-state index in [4.69, 9.17) is 0 Å². The molecule has 0 fully saturated rings. The average Bonchev–Trinajstić information content (AvgIpc) is 3.00. The van der Waals surface area contributed by atoms with Gasteiger partial charge in [0.2, 0.25) is 0 Å². The fraction of sp³-hybridized carbons (Fsp3) is 0.318. The van der Waals surface area contributed by atoms with Crippen LogP contribution < -0.4 is 0 Å². The van der Waals surface area contributed by atoms with Crippen LogP contribution in [0.2, 0.25) is 0 Å². The number of rotatable bonds is 4. The van der Waals surface area contributed by atoms with Crippen molar-refractivity contribution >= 4 is 0 Å². The monoisotopic (exact) mass is 528 g/mol. The Hall–Kier alpha value is -1.77. The minimum atomic E-state index is -0.275. The molecule has 0 aliphatic carbocycles. The van der Waals surface area contributed by atoms with Crippen LogP contribution in [0.1, 0.15) is 50.7 Å². The molecule has 0 amide bonds. The van der Waals surface area contributed by atoms with E-state index < -0.39 is 0 Å². The Morgan fingerprint density at radius 3 is 2.15 bits per heavy atom. The normalized spacial score (nSPS) is 11.1. The van der Waals surface area contributed by atoms with Gasteiger partial charge in [0, 0.05) is 44.9 Å². The molecule has 1 aromatic heterocycles. The molecular weight excluding hydrogens is 503 g/mol. The SMILES string of the molecule is CC(C)c1cccc(C(C)C)c1-c1cc(F)c[c-]c1-c1ccn(C)n1.[Ir]. The van der Waals surface area contributed by atoms with E-state index in [0.717, 1.165) is 22.4 Å². The molecule has 0 atom stereocenters. The molecule has 0 aliphatic rings. The number of benzene rings is 2. The molecule has 26 heavy (non-hydrogen) atoms. The summed E-state index contributed by atoms with van der Waals surface area (Å²) in [5.74, 6) is 0.407. The Bertz CT molecular complexity index is 871. The second kappa shape index (κ2) is 8.28. The van der Waals surface area contributed by atoms with Crippen molar-refractivity contribution in [2.75, 3.05) is 0 Å². The van der Waals surface area contributed by atoms with Crippen LogP contribution in [0, 0.1) is 11.9 Å². The first-order valence-electron chi connectivity index (χ1n) is 8.73. The Labute approximate surface area is 168 Å². The predicted molar refractivity (Wildman–Crippen MR) is 101 cm³/mol. The van der Waals surface area contributed by atoms with E-state index in [2.05, 4.69) is 57.1 Å². The smallest absolute Gasteiger partial charge is 0.0385 e. The van der Waals surface area contributed by atoms with Gasteiger partial charge in [-0.15, -0.1) is 23.8 Å². The number of nitrogens with zero attached hydrogens (tertiary/aromatic N) is 2. The number of hydrogen-bond acceptors (Lipinski definition) is 1. The van der Waals surface area contributed by atoms with Gasteiger partial charge in [-0.05, 0) is 23.0 Å². The summed E-state index contributed by atoms with van der Waals surface area (Å²) in [5, 5.41) is 4.51. The Kier molecular flexibility index (Phi) is 6.54. The minimum absolute atomic E-state index is 0. The van der Waals surface area contributed by atoms with Gasteiger partial charge in [-0.2, -0.15) is 0 Å². The maximum Gasteiger partial charge on any atom is 0.0385 e. The Morgan fingerprint density at radius 2 is 1.65 bits per heavy atom. The molecule has 2 aromatic carbocycles. The van der Waals surface area contributed by atoms with Crippen LogP contribution in [0.5, 0.6) is 0 Å². The zero-order chi connectivity index (χ0) is 18.1. The first kappa shape index (κ1) is 20.5. The molecule has 0 spiro atoms. The van der Waals surface area contributed by atoms with Crippen molar-refractivity contribution in [3.05, 3.63) is 65.6 Å². The maximum atomic E-state index is 14.2. The van der Waals surface area contributed by atoms with Crippen molar-refractivity contribution in [1.82, 2.24) is 9.78 Å². The zero-order valence-corrected chi connectivity index (χ0v) is 18.2. The third-order valence-corrected chi connectivity index (χ3v) is 4.52. The molecule has 4 heteroatoms. The van der Waals surface area contributed by atoms with E-state index in [9.17, 15) is 4.39 Å². The fourth-order valence-electron chi connectivity index (χ4n) is 3.29. The molecule has 0 aliphatic heterocycles. The van der Waals surface area contributed by atoms with E-state index in [0.29, 0.717) is 11.8 Å². The third kappa shape index (κ3) is 3.97. The standard InChI is InChI=1S/C22H24FN2.Ir/c1-14(2)17-7-6-8-18(15(3)4)22(17)20-13-16(23)9-10-19(20)21-11-12-25(5)24-21;/h6-9,11-15H,1-5H3;/q-1;. The van der Waals surface area contributed by atoms with E-state index in [1.165, 1.54) is 17.2 Å². The first-order valence-corrected chi connectivity index (χ1v) is 8.73. The number of aromatic nitrogens is 2. The molecule has 3 aromatic rings. The van der Waals surface area contributed by atoms with Crippen LogP contribution in [0.3, 0.4) is 0 Å². The van der Waals surface area contributed by atoms with Gasteiger partial charge in [-0.25, -0.2) is 5.10 Å². The molecule has 139 valence electrons. The molecular formula is C22H24FIrN2-. The fourth-order valence-corrected chi connectivity index (χ4v) is 3.29. The summed E-state index contributed by atoms with van der Waals surface area (Å²) < 4.78 is 15.9. The van der Waals surface area contributed by atoms with Gasteiger partial charge in [-0.3, -0.25) is 9.07 Å². The van der Waals surface area contributed by atoms with Crippen LogP contribution in [-0.2, 0) is 27.2 Å². The van der Waals surface area contributed by atoms with Gasteiger partial charge >= 0.3 is 0 Å². The van der Waals surface area contributed by atoms with Gasteiger partial charge in [0.15, 0.2) is 0 Å². The molecule has 0 unspecified atom stereocenters. The largest absolute Gasteiger partial charge is 0.285 e. The number of aryl methyl sites for hydroxylation is 1. The van der Waals surface area contributed by atoms with Gasteiger partial charge in [0.25, 0.3) is 0 Å². The molecule has 1 radical (unpaired) electrons. The van der Waals surface area contributed by atoms with Crippen LogP contribution in [0.25, 0.3) is 22.4 Å². The summed E-state index contributed by atoms with van der Waals surface area (Å²) in [7, 11) is 1.88. The van der Waals surface area contributed by atoms with Crippen molar-refractivity contribution in [2.45, 2.75) is 39.5 Å². The molecule has 0 saturated heterocycles. The first-order chi connectivity index (χ1) is 11.9. The Morgan fingerprint density at radius 1 is 1.04 bits per heavy atom. The molecule has 0 N–H and O–H groups in total. The van der Waals surface area contributed by atoms with Crippen molar-refractivity contribution in [3.63, 3.8) is 0 Å². The average molecular weight is 528 g/mol. The number of hydrogen-bond donors (Lipinski definition) is 0. The zero-order valence-electron chi connectivity index (χ0n) is 15.8. The second-order valence-corrected chi connectivity index (χ2v) is 7.10. The van der Waals surface area contributed by atoms with Gasteiger partial charge in [0.05, 0.1) is 0 Å². The van der Waals surface area contributed by atoms with Crippen LogP contribution >= 0.6 is 0 Å². The van der Waals surface area contributed by atoms with E-state index >= 15 is 0 Å². The van der Waals surface area contributed by atoms with Crippen LogP contribution in [-0.4, -0.2) is 9.78 Å². The predicted octanol–water partition coefficient (Wildman–Crippen LogP) is 5.94. The quantitative estimate of drug-likeness (QED) is 0.384. The van der Waals surface area contributed by atoms with Gasteiger partial charge in [0.1, 0.15) is 0 Å². The van der Waals surface area contributed by atoms with E-state index in [1.54, 1.807) is 10.7 Å². The minimum Gasteiger partial charge on any atom is -0.285 e. The molecule has 0 saturated carbocycles.